The summed E-state index contributed by atoms with van der Waals surface area (Å²) in [7, 11) is -1.35. The van der Waals surface area contributed by atoms with Gasteiger partial charge in [0.1, 0.15) is 19.0 Å². The molecule has 0 amide bonds. The van der Waals surface area contributed by atoms with Crippen molar-refractivity contribution in [3.05, 3.63) is 23.7 Å². The summed E-state index contributed by atoms with van der Waals surface area (Å²) < 4.78 is 10.8. The van der Waals surface area contributed by atoms with Crippen LogP contribution in [0.3, 0.4) is 0 Å². The lowest BCUT2D eigenvalue weighted by Gasteiger charge is -2.31. The van der Waals surface area contributed by atoms with E-state index < -0.39 is 7.12 Å². The van der Waals surface area contributed by atoms with Crippen LogP contribution in [0.25, 0.3) is 0 Å². The number of ether oxygens (including phenoxy) is 2. The summed E-state index contributed by atoms with van der Waals surface area (Å²) in [6, 6.07) is 0. The molecule has 76 valence electrons. The van der Waals surface area contributed by atoms with E-state index >= 15 is 0 Å². The molecular formula is C9H13BO4. The molecule has 0 bridgehead atoms. The zero-order valence-electron chi connectivity index (χ0n) is 8.01. The fraction of sp³-hybridized carbons (Fsp3) is 0.556. The molecule has 2 aliphatic rings. The Hall–Kier alpha value is -0.935. The van der Waals surface area contributed by atoms with Gasteiger partial charge in [0, 0.05) is 11.7 Å². The molecule has 0 saturated carbocycles. The van der Waals surface area contributed by atoms with Gasteiger partial charge in [0.05, 0.1) is 0 Å². The van der Waals surface area contributed by atoms with Crippen LogP contribution < -0.4 is 0 Å². The fourth-order valence-electron chi connectivity index (χ4n) is 1.83. The average Bonchev–Trinajstić information content (AvgIpc) is 2.18. The van der Waals surface area contributed by atoms with Crippen LogP contribution in [0.15, 0.2) is 23.7 Å². The van der Waals surface area contributed by atoms with Crippen molar-refractivity contribution in [2.24, 2.45) is 5.92 Å². The first-order chi connectivity index (χ1) is 6.70. The van der Waals surface area contributed by atoms with Gasteiger partial charge in [-0.3, -0.25) is 0 Å². The largest absolute Gasteiger partial charge is 0.490 e. The lowest BCUT2D eigenvalue weighted by molar-refractivity contribution is 0.0506. The SMILES string of the molecule is CC1C2=C(C=CC1B(O)O)OCCO2. The molecule has 0 fully saturated rings. The van der Waals surface area contributed by atoms with Gasteiger partial charge in [0.25, 0.3) is 0 Å². The molecule has 2 rings (SSSR count). The molecule has 0 aromatic carbocycles. The summed E-state index contributed by atoms with van der Waals surface area (Å²) in [4.78, 5) is 0. The Morgan fingerprint density at radius 1 is 1.36 bits per heavy atom. The molecule has 2 unspecified atom stereocenters. The van der Waals surface area contributed by atoms with Crippen LogP contribution in [0.4, 0.5) is 0 Å². The van der Waals surface area contributed by atoms with E-state index in [2.05, 4.69) is 0 Å². The van der Waals surface area contributed by atoms with Gasteiger partial charge in [-0.2, -0.15) is 0 Å². The summed E-state index contributed by atoms with van der Waals surface area (Å²) in [6.45, 7) is 2.99. The lowest BCUT2D eigenvalue weighted by Crippen LogP contribution is -2.30. The van der Waals surface area contributed by atoms with Crippen LogP contribution in [0.1, 0.15) is 6.92 Å². The highest BCUT2D eigenvalue weighted by molar-refractivity contribution is 6.44. The van der Waals surface area contributed by atoms with Gasteiger partial charge < -0.3 is 19.5 Å². The van der Waals surface area contributed by atoms with Crippen LogP contribution in [0.5, 0.6) is 0 Å². The Morgan fingerprint density at radius 3 is 2.79 bits per heavy atom. The van der Waals surface area contributed by atoms with Crippen LogP contribution in [0.2, 0.25) is 5.82 Å². The highest BCUT2D eigenvalue weighted by atomic mass is 16.6. The molecule has 4 nitrogen and oxygen atoms in total. The van der Waals surface area contributed by atoms with Crippen LogP contribution in [0, 0.1) is 5.92 Å². The Balaban J connectivity index is 2.22. The first-order valence-corrected chi connectivity index (χ1v) is 4.74. The van der Waals surface area contributed by atoms with Crippen molar-refractivity contribution >= 4 is 7.12 Å². The molecule has 5 heteroatoms. The van der Waals surface area contributed by atoms with Gasteiger partial charge in [0.15, 0.2) is 5.76 Å². The van der Waals surface area contributed by atoms with Crippen LogP contribution >= 0.6 is 0 Å². The van der Waals surface area contributed by atoms with Gasteiger partial charge in [-0.1, -0.05) is 13.0 Å². The Bertz CT molecular complexity index is 285. The van der Waals surface area contributed by atoms with Crippen molar-refractivity contribution in [3.63, 3.8) is 0 Å². The molecule has 2 atom stereocenters. The second kappa shape index (κ2) is 3.67. The summed E-state index contributed by atoms with van der Waals surface area (Å²) >= 11 is 0. The minimum absolute atomic E-state index is 0.0460. The van der Waals surface area contributed by atoms with Crippen molar-refractivity contribution in [1.82, 2.24) is 0 Å². The highest BCUT2D eigenvalue weighted by Gasteiger charge is 2.35. The molecule has 1 heterocycles. The second-order valence-electron chi connectivity index (χ2n) is 3.56. The molecule has 0 spiro atoms. The predicted molar refractivity (Wildman–Crippen MR) is 51.2 cm³/mol. The Kier molecular flexibility index (Phi) is 2.52. The third kappa shape index (κ3) is 1.53. The predicted octanol–water partition coefficient (Wildman–Crippen LogP) is 0.294. The maximum atomic E-state index is 9.12. The Labute approximate surface area is 83.0 Å². The van der Waals surface area contributed by atoms with E-state index in [9.17, 15) is 0 Å². The van der Waals surface area contributed by atoms with Crippen LogP contribution in [-0.2, 0) is 9.47 Å². The molecule has 1 aliphatic carbocycles. The molecular weight excluding hydrogens is 183 g/mol. The fourth-order valence-corrected chi connectivity index (χ4v) is 1.83. The first-order valence-electron chi connectivity index (χ1n) is 4.74. The maximum absolute atomic E-state index is 9.12. The third-order valence-electron chi connectivity index (χ3n) is 2.65. The van der Waals surface area contributed by atoms with Gasteiger partial charge in [0.2, 0.25) is 0 Å². The zero-order chi connectivity index (χ0) is 10.1. The molecule has 14 heavy (non-hydrogen) atoms. The summed E-state index contributed by atoms with van der Waals surface area (Å²) in [5, 5.41) is 18.2. The molecule has 0 saturated heterocycles. The van der Waals surface area contributed by atoms with E-state index in [-0.39, 0.29) is 11.7 Å². The number of rotatable bonds is 1. The normalized spacial score (nSPS) is 30.5. The van der Waals surface area contributed by atoms with Crippen molar-refractivity contribution in [2.75, 3.05) is 13.2 Å². The minimum atomic E-state index is -1.35. The van der Waals surface area contributed by atoms with E-state index in [1.807, 2.05) is 6.92 Å². The Morgan fingerprint density at radius 2 is 2.07 bits per heavy atom. The molecule has 0 radical (unpaired) electrons. The minimum Gasteiger partial charge on any atom is -0.490 e. The number of hydrogen-bond donors (Lipinski definition) is 2. The van der Waals surface area contributed by atoms with Crippen molar-refractivity contribution in [2.45, 2.75) is 12.7 Å². The summed E-state index contributed by atoms with van der Waals surface area (Å²) in [6.07, 6.45) is 3.50. The van der Waals surface area contributed by atoms with Crippen LogP contribution in [-0.4, -0.2) is 30.4 Å². The molecule has 1 aliphatic heterocycles. The highest BCUT2D eigenvalue weighted by Crippen LogP contribution is 2.36. The quantitative estimate of drug-likeness (QED) is 0.592. The smallest absolute Gasteiger partial charge is 0.459 e. The average molecular weight is 196 g/mol. The monoisotopic (exact) mass is 196 g/mol. The maximum Gasteiger partial charge on any atom is 0.459 e. The topological polar surface area (TPSA) is 58.9 Å². The van der Waals surface area contributed by atoms with E-state index in [1.54, 1.807) is 12.2 Å². The molecule has 2 N–H and O–H groups in total. The third-order valence-corrected chi connectivity index (χ3v) is 2.65. The zero-order valence-corrected chi connectivity index (χ0v) is 8.01. The standard InChI is InChI=1S/C9H13BO4/c1-6-7(10(11)12)2-3-8-9(6)14-5-4-13-8/h2-3,6-7,11-12H,4-5H2,1H3. The van der Waals surface area contributed by atoms with Gasteiger partial charge in [-0.15, -0.1) is 0 Å². The molecule has 0 aromatic heterocycles. The van der Waals surface area contributed by atoms with E-state index in [1.165, 1.54) is 0 Å². The van der Waals surface area contributed by atoms with Crippen molar-refractivity contribution in [3.8, 4) is 0 Å². The summed E-state index contributed by atoms with van der Waals surface area (Å²) in [5.74, 6) is 1.10. The van der Waals surface area contributed by atoms with Gasteiger partial charge in [-0.25, -0.2) is 0 Å². The number of allylic oxidation sites excluding steroid dienone is 3. The molecule has 0 aromatic rings. The lowest BCUT2D eigenvalue weighted by atomic mass is 9.64. The van der Waals surface area contributed by atoms with E-state index in [0.29, 0.717) is 13.2 Å². The van der Waals surface area contributed by atoms with E-state index in [4.69, 9.17) is 19.5 Å². The first kappa shape index (κ1) is 9.61. The summed E-state index contributed by atoms with van der Waals surface area (Å²) in [5.41, 5.74) is 0. The van der Waals surface area contributed by atoms with Gasteiger partial charge >= 0.3 is 7.12 Å². The van der Waals surface area contributed by atoms with Gasteiger partial charge in [-0.05, 0) is 6.08 Å². The van der Waals surface area contributed by atoms with Crippen molar-refractivity contribution in [1.29, 1.82) is 0 Å². The van der Waals surface area contributed by atoms with Crippen molar-refractivity contribution < 1.29 is 19.5 Å². The second-order valence-corrected chi connectivity index (χ2v) is 3.56. The van der Waals surface area contributed by atoms with E-state index in [0.717, 1.165) is 11.5 Å². The number of hydrogen-bond acceptors (Lipinski definition) is 4.